The van der Waals surface area contributed by atoms with Crippen molar-refractivity contribution in [2.45, 2.75) is 51.0 Å². The predicted octanol–water partition coefficient (Wildman–Crippen LogP) is 1.94. The smallest absolute Gasteiger partial charge is 0.190 e. The average molecular weight is 341 g/mol. The lowest BCUT2D eigenvalue weighted by molar-refractivity contribution is 0.0574. The van der Waals surface area contributed by atoms with Crippen molar-refractivity contribution < 1.29 is 14.2 Å². The number of rotatable bonds is 11. The Bertz CT molecular complexity index is 340. The standard InChI is InChI=1S/C18H35N3O3/c1-19-18(21-10-5-12-24-17-6-2-3-7-17)20-9-4-11-22-14-16-8-13-23-15-16/h16-17H,2-15H2,1H3,(H2,19,20,21). The molecule has 0 aromatic carbocycles. The highest BCUT2D eigenvalue weighted by Crippen LogP contribution is 2.20. The van der Waals surface area contributed by atoms with E-state index in [-0.39, 0.29) is 0 Å². The largest absolute Gasteiger partial charge is 0.381 e. The first-order valence-electron chi connectivity index (χ1n) is 9.60. The first-order chi connectivity index (χ1) is 11.9. The number of nitrogens with zero attached hydrogens (tertiary/aromatic N) is 1. The van der Waals surface area contributed by atoms with Crippen molar-refractivity contribution in [2.24, 2.45) is 10.9 Å². The van der Waals surface area contributed by atoms with Crippen LogP contribution in [0.15, 0.2) is 4.99 Å². The van der Waals surface area contributed by atoms with Crippen molar-refractivity contribution in [2.75, 3.05) is 53.2 Å². The molecule has 1 unspecified atom stereocenters. The van der Waals surface area contributed by atoms with Crippen LogP contribution in [0.5, 0.6) is 0 Å². The van der Waals surface area contributed by atoms with Crippen LogP contribution in [-0.4, -0.2) is 65.2 Å². The molecule has 1 heterocycles. The Morgan fingerprint density at radius 3 is 2.50 bits per heavy atom. The summed E-state index contributed by atoms with van der Waals surface area (Å²) in [6, 6.07) is 0. The lowest BCUT2D eigenvalue weighted by atomic mass is 10.1. The Labute approximate surface area is 146 Å². The normalized spacial score (nSPS) is 22.2. The third kappa shape index (κ3) is 8.31. The summed E-state index contributed by atoms with van der Waals surface area (Å²) in [5.41, 5.74) is 0. The van der Waals surface area contributed by atoms with Crippen LogP contribution < -0.4 is 10.6 Å². The maximum Gasteiger partial charge on any atom is 0.190 e. The van der Waals surface area contributed by atoms with E-state index in [2.05, 4.69) is 15.6 Å². The molecule has 1 saturated heterocycles. The monoisotopic (exact) mass is 341 g/mol. The van der Waals surface area contributed by atoms with Gasteiger partial charge in [-0.2, -0.15) is 0 Å². The van der Waals surface area contributed by atoms with Gasteiger partial charge in [0.05, 0.1) is 19.3 Å². The summed E-state index contributed by atoms with van der Waals surface area (Å²) < 4.78 is 16.9. The van der Waals surface area contributed by atoms with E-state index in [9.17, 15) is 0 Å². The Morgan fingerprint density at radius 2 is 1.83 bits per heavy atom. The van der Waals surface area contributed by atoms with Crippen molar-refractivity contribution in [1.29, 1.82) is 0 Å². The number of nitrogens with one attached hydrogen (secondary N) is 2. The first kappa shape index (κ1) is 19.5. The lowest BCUT2D eigenvalue weighted by Crippen LogP contribution is -2.38. The summed E-state index contributed by atoms with van der Waals surface area (Å²) in [5, 5.41) is 6.66. The molecule has 0 aromatic heterocycles. The molecular formula is C18H35N3O3. The number of ether oxygens (including phenoxy) is 3. The first-order valence-corrected chi connectivity index (χ1v) is 9.60. The number of hydrogen-bond donors (Lipinski definition) is 2. The van der Waals surface area contributed by atoms with Crippen LogP contribution in [0.4, 0.5) is 0 Å². The summed E-state index contributed by atoms with van der Waals surface area (Å²) in [5.74, 6) is 1.46. The summed E-state index contributed by atoms with van der Waals surface area (Å²) >= 11 is 0. The van der Waals surface area contributed by atoms with E-state index in [0.29, 0.717) is 12.0 Å². The minimum Gasteiger partial charge on any atom is -0.381 e. The third-order valence-electron chi connectivity index (χ3n) is 4.63. The molecule has 1 saturated carbocycles. The maximum absolute atomic E-state index is 5.86. The molecule has 1 aliphatic heterocycles. The zero-order chi connectivity index (χ0) is 16.9. The molecule has 2 aliphatic rings. The van der Waals surface area contributed by atoms with Crippen LogP contribution in [0, 0.1) is 5.92 Å². The van der Waals surface area contributed by atoms with Gasteiger partial charge in [0, 0.05) is 45.9 Å². The van der Waals surface area contributed by atoms with Gasteiger partial charge < -0.3 is 24.8 Å². The van der Waals surface area contributed by atoms with Crippen LogP contribution in [-0.2, 0) is 14.2 Å². The van der Waals surface area contributed by atoms with Crippen LogP contribution in [0.25, 0.3) is 0 Å². The van der Waals surface area contributed by atoms with Gasteiger partial charge in [-0.25, -0.2) is 0 Å². The lowest BCUT2D eigenvalue weighted by Gasteiger charge is -2.14. The summed E-state index contributed by atoms with van der Waals surface area (Å²) in [6.07, 6.45) is 8.80. The molecule has 0 amide bonds. The maximum atomic E-state index is 5.86. The molecule has 2 N–H and O–H groups in total. The summed E-state index contributed by atoms with van der Waals surface area (Å²) in [7, 11) is 1.81. The van der Waals surface area contributed by atoms with E-state index in [1.165, 1.54) is 25.7 Å². The second kappa shape index (κ2) is 12.5. The van der Waals surface area contributed by atoms with Gasteiger partial charge in [-0.1, -0.05) is 12.8 Å². The summed E-state index contributed by atoms with van der Waals surface area (Å²) in [6.45, 7) is 5.98. The van der Waals surface area contributed by atoms with Gasteiger partial charge in [-0.15, -0.1) is 0 Å². The minimum atomic E-state index is 0.512. The number of aliphatic imine (C=N–C) groups is 1. The van der Waals surface area contributed by atoms with Gasteiger partial charge >= 0.3 is 0 Å². The number of guanidine groups is 1. The highest BCUT2D eigenvalue weighted by Gasteiger charge is 2.15. The second-order valence-electron chi connectivity index (χ2n) is 6.71. The average Bonchev–Trinajstić information content (AvgIpc) is 3.29. The third-order valence-corrected chi connectivity index (χ3v) is 4.63. The summed E-state index contributed by atoms with van der Waals surface area (Å²) in [4.78, 5) is 4.24. The molecule has 140 valence electrons. The molecule has 0 aromatic rings. The SMILES string of the molecule is CN=C(NCCCOCC1CCOC1)NCCCOC1CCCC1. The molecule has 0 spiro atoms. The van der Waals surface area contributed by atoms with E-state index >= 15 is 0 Å². The molecule has 2 rings (SSSR count). The molecule has 1 aliphatic carbocycles. The van der Waals surface area contributed by atoms with Gasteiger partial charge in [-0.05, 0) is 32.1 Å². The Hall–Kier alpha value is -0.850. The quantitative estimate of drug-likeness (QED) is 0.342. The molecule has 2 fully saturated rings. The zero-order valence-corrected chi connectivity index (χ0v) is 15.2. The Morgan fingerprint density at radius 1 is 1.08 bits per heavy atom. The Kier molecular flexibility index (Phi) is 10.1. The van der Waals surface area contributed by atoms with Crippen molar-refractivity contribution in [3.8, 4) is 0 Å². The van der Waals surface area contributed by atoms with Crippen molar-refractivity contribution in [1.82, 2.24) is 10.6 Å². The van der Waals surface area contributed by atoms with Gasteiger partial charge in [0.1, 0.15) is 0 Å². The van der Waals surface area contributed by atoms with Crippen LogP contribution in [0.1, 0.15) is 44.9 Å². The Balaban J connectivity index is 1.38. The molecular weight excluding hydrogens is 306 g/mol. The molecule has 0 bridgehead atoms. The van der Waals surface area contributed by atoms with Gasteiger partial charge in [0.15, 0.2) is 5.96 Å². The van der Waals surface area contributed by atoms with E-state index in [0.717, 1.165) is 71.3 Å². The minimum absolute atomic E-state index is 0.512. The second-order valence-corrected chi connectivity index (χ2v) is 6.71. The fraction of sp³-hybridized carbons (Fsp3) is 0.944. The van der Waals surface area contributed by atoms with Crippen LogP contribution in [0.3, 0.4) is 0 Å². The number of hydrogen-bond acceptors (Lipinski definition) is 4. The van der Waals surface area contributed by atoms with Crippen LogP contribution in [0.2, 0.25) is 0 Å². The molecule has 0 radical (unpaired) electrons. The van der Waals surface area contributed by atoms with Gasteiger partial charge in [-0.3, -0.25) is 4.99 Å². The van der Waals surface area contributed by atoms with E-state index in [4.69, 9.17) is 14.2 Å². The van der Waals surface area contributed by atoms with E-state index < -0.39 is 0 Å². The van der Waals surface area contributed by atoms with Crippen LogP contribution >= 0.6 is 0 Å². The van der Waals surface area contributed by atoms with Gasteiger partial charge in [0.25, 0.3) is 0 Å². The van der Waals surface area contributed by atoms with Crippen molar-refractivity contribution in [3.05, 3.63) is 0 Å². The molecule has 6 nitrogen and oxygen atoms in total. The topological polar surface area (TPSA) is 64.1 Å². The fourth-order valence-corrected chi connectivity index (χ4v) is 3.15. The molecule has 24 heavy (non-hydrogen) atoms. The van der Waals surface area contributed by atoms with Crippen molar-refractivity contribution >= 4 is 5.96 Å². The molecule has 1 atom stereocenters. The highest BCUT2D eigenvalue weighted by atomic mass is 16.5. The molecule has 6 heteroatoms. The zero-order valence-electron chi connectivity index (χ0n) is 15.2. The predicted molar refractivity (Wildman–Crippen MR) is 96.6 cm³/mol. The van der Waals surface area contributed by atoms with Gasteiger partial charge in [0.2, 0.25) is 0 Å². The van der Waals surface area contributed by atoms with E-state index in [1.54, 1.807) is 7.05 Å². The fourth-order valence-electron chi connectivity index (χ4n) is 3.15. The highest BCUT2D eigenvalue weighted by molar-refractivity contribution is 5.79. The van der Waals surface area contributed by atoms with E-state index in [1.807, 2.05) is 0 Å². The van der Waals surface area contributed by atoms with Crippen molar-refractivity contribution in [3.63, 3.8) is 0 Å².